The normalized spacial score (nSPS) is 10.8. The van der Waals surface area contributed by atoms with Crippen LogP contribution in [0.1, 0.15) is 0 Å². The van der Waals surface area contributed by atoms with Crippen molar-refractivity contribution in [3.63, 3.8) is 0 Å². The molecule has 6 nitrogen and oxygen atoms in total. The number of fused-ring (bicyclic) bond motifs is 1. The Balaban J connectivity index is 1.71. The van der Waals surface area contributed by atoms with E-state index in [4.69, 9.17) is 14.9 Å². The molecule has 0 saturated carbocycles. The highest BCUT2D eigenvalue weighted by molar-refractivity contribution is 7.14. The van der Waals surface area contributed by atoms with Gasteiger partial charge in [-0.1, -0.05) is 24.3 Å². The fraction of sp³-hybridized carbons (Fsp3) is 0.0526. The van der Waals surface area contributed by atoms with Crippen molar-refractivity contribution in [3.05, 3.63) is 64.3 Å². The molecule has 0 aliphatic carbocycles. The standard InChI is InChI=1S/C19H15N3O3S/c1-24-16-8-3-2-7-14(16)21-19-22-15(10-26-19)12-9-11-5-4-6-13(20)17(11)25-18(12)23/h2-10H,20H2,1H3,(H,21,22). The predicted octanol–water partition coefficient (Wildman–Crippen LogP) is 4.25. The Kier molecular flexibility index (Phi) is 4.06. The number of hydrogen-bond donors (Lipinski definition) is 2. The van der Waals surface area contributed by atoms with Gasteiger partial charge in [0.25, 0.3) is 0 Å². The van der Waals surface area contributed by atoms with Crippen LogP contribution in [0, 0.1) is 0 Å². The van der Waals surface area contributed by atoms with Gasteiger partial charge in [0.15, 0.2) is 10.7 Å². The van der Waals surface area contributed by atoms with Crippen molar-refractivity contribution < 1.29 is 9.15 Å². The van der Waals surface area contributed by atoms with Crippen molar-refractivity contribution in [3.8, 4) is 17.0 Å². The monoisotopic (exact) mass is 365 g/mol. The van der Waals surface area contributed by atoms with Gasteiger partial charge in [-0.05, 0) is 24.3 Å². The Morgan fingerprint density at radius 1 is 1.19 bits per heavy atom. The predicted molar refractivity (Wildman–Crippen MR) is 104 cm³/mol. The quantitative estimate of drug-likeness (QED) is 0.415. The minimum atomic E-state index is -0.468. The number of hydrogen-bond acceptors (Lipinski definition) is 7. The third kappa shape index (κ3) is 2.89. The van der Waals surface area contributed by atoms with E-state index >= 15 is 0 Å². The van der Waals surface area contributed by atoms with Crippen molar-refractivity contribution in [2.24, 2.45) is 0 Å². The number of thiazole rings is 1. The van der Waals surface area contributed by atoms with Crippen molar-refractivity contribution in [2.45, 2.75) is 0 Å². The summed E-state index contributed by atoms with van der Waals surface area (Å²) in [4.78, 5) is 16.9. The second-order valence-corrected chi connectivity index (χ2v) is 6.43. The lowest BCUT2D eigenvalue weighted by Crippen LogP contribution is -2.04. The van der Waals surface area contributed by atoms with Gasteiger partial charge in [0.2, 0.25) is 0 Å². The van der Waals surface area contributed by atoms with E-state index in [0.29, 0.717) is 33.4 Å². The lowest BCUT2D eigenvalue weighted by atomic mass is 10.1. The molecule has 0 unspecified atom stereocenters. The Hall–Kier alpha value is -3.32. The molecule has 130 valence electrons. The van der Waals surface area contributed by atoms with Crippen LogP contribution in [0.3, 0.4) is 0 Å². The van der Waals surface area contributed by atoms with E-state index in [1.54, 1.807) is 19.2 Å². The summed E-state index contributed by atoms with van der Waals surface area (Å²) in [6.07, 6.45) is 0. The third-order valence-corrected chi connectivity index (χ3v) is 4.68. The Morgan fingerprint density at radius 2 is 2.04 bits per heavy atom. The molecule has 26 heavy (non-hydrogen) atoms. The SMILES string of the molecule is COc1ccccc1Nc1nc(-c2cc3cccc(N)c3oc2=O)cs1. The van der Waals surface area contributed by atoms with Crippen LogP contribution in [0.4, 0.5) is 16.5 Å². The van der Waals surface area contributed by atoms with Crippen LogP contribution in [-0.4, -0.2) is 12.1 Å². The molecule has 0 aliphatic rings. The number of nitrogens with one attached hydrogen (secondary N) is 1. The first-order chi connectivity index (χ1) is 12.7. The summed E-state index contributed by atoms with van der Waals surface area (Å²) >= 11 is 1.39. The van der Waals surface area contributed by atoms with Gasteiger partial charge >= 0.3 is 5.63 Å². The zero-order chi connectivity index (χ0) is 18.1. The van der Waals surface area contributed by atoms with Crippen LogP contribution in [-0.2, 0) is 0 Å². The summed E-state index contributed by atoms with van der Waals surface area (Å²) in [5.74, 6) is 0.713. The van der Waals surface area contributed by atoms with Crippen LogP contribution < -0.4 is 21.4 Å². The third-order valence-electron chi connectivity index (χ3n) is 3.92. The molecule has 7 heteroatoms. The van der Waals surface area contributed by atoms with Crippen LogP contribution >= 0.6 is 11.3 Å². The molecular formula is C19H15N3O3S. The number of ether oxygens (including phenoxy) is 1. The molecular weight excluding hydrogens is 350 g/mol. The molecule has 0 aliphatic heterocycles. The van der Waals surface area contributed by atoms with Gasteiger partial charge in [0.05, 0.1) is 29.7 Å². The Morgan fingerprint density at radius 3 is 2.88 bits per heavy atom. The number of anilines is 3. The highest BCUT2D eigenvalue weighted by atomic mass is 32.1. The molecule has 2 aromatic carbocycles. The smallest absolute Gasteiger partial charge is 0.345 e. The van der Waals surface area contributed by atoms with Crippen molar-refractivity contribution in [1.29, 1.82) is 0 Å². The Bertz CT molecular complexity index is 1150. The summed E-state index contributed by atoms with van der Waals surface area (Å²) < 4.78 is 10.7. The first-order valence-corrected chi connectivity index (χ1v) is 8.72. The van der Waals surface area contributed by atoms with Crippen LogP contribution in [0.5, 0.6) is 5.75 Å². The van der Waals surface area contributed by atoms with Crippen LogP contribution in [0.25, 0.3) is 22.2 Å². The van der Waals surface area contributed by atoms with Crippen LogP contribution in [0.15, 0.2) is 63.1 Å². The maximum Gasteiger partial charge on any atom is 0.345 e. The number of para-hydroxylation sites is 3. The molecule has 2 heterocycles. The zero-order valence-corrected chi connectivity index (χ0v) is 14.7. The number of rotatable bonds is 4. The van der Waals surface area contributed by atoms with E-state index in [9.17, 15) is 4.79 Å². The number of aromatic nitrogens is 1. The largest absolute Gasteiger partial charge is 0.495 e. The molecule has 3 N–H and O–H groups in total. The number of nitrogens with zero attached hydrogens (tertiary/aromatic N) is 1. The molecule has 0 fully saturated rings. The minimum absolute atomic E-state index is 0.392. The van der Waals surface area contributed by atoms with Gasteiger partial charge in [-0.15, -0.1) is 11.3 Å². The number of nitrogen functional groups attached to an aromatic ring is 1. The maximum absolute atomic E-state index is 12.4. The van der Waals surface area contributed by atoms with E-state index < -0.39 is 5.63 Å². The lowest BCUT2D eigenvalue weighted by Gasteiger charge is -2.08. The molecule has 0 amide bonds. The van der Waals surface area contributed by atoms with Crippen molar-refractivity contribution >= 4 is 38.8 Å². The summed E-state index contributed by atoms with van der Waals surface area (Å²) in [7, 11) is 1.61. The molecule has 4 aromatic rings. The summed E-state index contributed by atoms with van der Waals surface area (Å²) in [6.45, 7) is 0. The van der Waals surface area contributed by atoms with Crippen LogP contribution in [0.2, 0.25) is 0 Å². The van der Waals surface area contributed by atoms with Crippen molar-refractivity contribution in [1.82, 2.24) is 4.98 Å². The van der Waals surface area contributed by atoms with Gasteiger partial charge in [-0.3, -0.25) is 0 Å². The van der Waals surface area contributed by atoms with E-state index in [-0.39, 0.29) is 0 Å². The fourth-order valence-corrected chi connectivity index (χ4v) is 3.39. The van der Waals surface area contributed by atoms with Gasteiger partial charge in [-0.25, -0.2) is 9.78 Å². The van der Waals surface area contributed by atoms with E-state index in [2.05, 4.69) is 10.3 Å². The number of nitrogens with two attached hydrogens (primary N) is 1. The highest BCUT2D eigenvalue weighted by Gasteiger charge is 2.13. The number of methoxy groups -OCH3 is 1. The molecule has 0 radical (unpaired) electrons. The number of benzene rings is 2. The van der Waals surface area contributed by atoms with Gasteiger partial charge in [-0.2, -0.15) is 0 Å². The Labute approximate surface area is 152 Å². The molecule has 4 rings (SSSR count). The van der Waals surface area contributed by atoms with Gasteiger partial charge in [0, 0.05) is 10.8 Å². The average molecular weight is 365 g/mol. The first-order valence-electron chi connectivity index (χ1n) is 7.84. The van der Waals surface area contributed by atoms with Gasteiger partial charge < -0.3 is 20.2 Å². The lowest BCUT2D eigenvalue weighted by molar-refractivity contribution is 0.417. The highest BCUT2D eigenvalue weighted by Crippen LogP contribution is 2.31. The van der Waals surface area contributed by atoms with E-state index in [0.717, 1.165) is 11.1 Å². The second-order valence-electron chi connectivity index (χ2n) is 5.58. The van der Waals surface area contributed by atoms with E-state index in [1.165, 1.54) is 11.3 Å². The average Bonchev–Trinajstić information content (AvgIpc) is 3.11. The molecule has 0 bridgehead atoms. The fourth-order valence-electron chi connectivity index (χ4n) is 2.66. The minimum Gasteiger partial charge on any atom is -0.495 e. The molecule has 0 spiro atoms. The summed E-state index contributed by atoms with van der Waals surface area (Å²) in [6, 6.07) is 14.7. The maximum atomic E-state index is 12.4. The topological polar surface area (TPSA) is 90.4 Å². The van der Waals surface area contributed by atoms with Crippen molar-refractivity contribution in [2.75, 3.05) is 18.2 Å². The zero-order valence-electron chi connectivity index (χ0n) is 13.9. The summed E-state index contributed by atoms with van der Waals surface area (Å²) in [5.41, 5.74) is 7.96. The first kappa shape index (κ1) is 16.2. The second kappa shape index (κ2) is 6.53. The van der Waals surface area contributed by atoms with E-state index in [1.807, 2.05) is 41.8 Å². The summed E-state index contributed by atoms with van der Waals surface area (Å²) in [5, 5.41) is 6.42. The molecule has 0 saturated heterocycles. The molecule has 2 aromatic heterocycles. The van der Waals surface area contributed by atoms with Gasteiger partial charge in [0.1, 0.15) is 5.75 Å². The molecule has 0 atom stereocenters.